The Balaban J connectivity index is 1.64. The van der Waals surface area contributed by atoms with Crippen LogP contribution in [0.2, 0.25) is 10.0 Å². The van der Waals surface area contributed by atoms with Crippen LogP contribution >= 0.6 is 23.2 Å². The molecule has 1 N–H and O–H groups in total. The van der Waals surface area contributed by atoms with E-state index in [2.05, 4.69) is 15.3 Å². The second-order valence-electron chi connectivity index (χ2n) is 5.44. The molecule has 0 bridgehead atoms. The average molecular weight is 376 g/mol. The summed E-state index contributed by atoms with van der Waals surface area (Å²) < 4.78 is 5.55. The summed E-state index contributed by atoms with van der Waals surface area (Å²) in [6, 6.07) is 12.3. The van der Waals surface area contributed by atoms with E-state index in [0.29, 0.717) is 15.9 Å². The van der Waals surface area contributed by atoms with Crippen LogP contribution in [-0.2, 0) is 4.79 Å². The first kappa shape index (κ1) is 17.5. The van der Waals surface area contributed by atoms with Gasteiger partial charge in [0.15, 0.2) is 6.61 Å². The van der Waals surface area contributed by atoms with Crippen LogP contribution in [-0.4, -0.2) is 22.5 Å². The summed E-state index contributed by atoms with van der Waals surface area (Å²) in [5, 5.41) is 4.65. The molecule has 0 spiro atoms. The van der Waals surface area contributed by atoms with Crippen LogP contribution in [0.25, 0.3) is 10.9 Å². The van der Waals surface area contributed by atoms with Crippen molar-refractivity contribution in [1.29, 1.82) is 0 Å². The number of ether oxygens (including phenoxy) is 1. The lowest BCUT2D eigenvalue weighted by molar-refractivity contribution is -0.123. The molecule has 0 saturated carbocycles. The minimum Gasteiger partial charge on any atom is -0.467 e. The summed E-state index contributed by atoms with van der Waals surface area (Å²) in [6.07, 6.45) is 1.41. The number of nitrogens with one attached hydrogen (secondary N) is 1. The Morgan fingerprint density at radius 2 is 2.00 bits per heavy atom. The molecular formula is C18H15Cl2N3O2. The zero-order valence-corrected chi connectivity index (χ0v) is 14.9. The largest absolute Gasteiger partial charge is 0.467 e. The summed E-state index contributed by atoms with van der Waals surface area (Å²) in [5.41, 5.74) is 1.54. The molecule has 3 aromatic rings. The van der Waals surface area contributed by atoms with E-state index in [1.54, 1.807) is 18.2 Å². The molecule has 1 amide bonds. The number of carbonyl (C=O) groups excluding carboxylic acids is 1. The van der Waals surface area contributed by atoms with E-state index in [1.165, 1.54) is 6.33 Å². The maximum absolute atomic E-state index is 12.2. The number of carbonyl (C=O) groups is 1. The van der Waals surface area contributed by atoms with Crippen molar-refractivity contribution >= 4 is 40.0 Å². The molecular weight excluding hydrogens is 361 g/mol. The molecule has 0 unspecified atom stereocenters. The Morgan fingerprint density at radius 1 is 1.20 bits per heavy atom. The lowest BCUT2D eigenvalue weighted by Gasteiger charge is -2.16. The van der Waals surface area contributed by atoms with Gasteiger partial charge in [0.25, 0.3) is 5.91 Å². The van der Waals surface area contributed by atoms with Gasteiger partial charge in [-0.2, -0.15) is 0 Å². The standard InChI is InChI=1S/C18H15Cl2N3O2/c1-11(13-7-6-12(19)8-15(13)20)23-17(24)9-25-18-14-4-2-3-5-16(14)21-10-22-18/h2-8,10-11H,9H2,1H3,(H,23,24)/t11-/m0/s1. The second-order valence-corrected chi connectivity index (χ2v) is 6.28. The number of para-hydroxylation sites is 1. The average Bonchev–Trinajstić information content (AvgIpc) is 2.59. The highest BCUT2D eigenvalue weighted by Crippen LogP contribution is 2.26. The Morgan fingerprint density at radius 3 is 2.80 bits per heavy atom. The van der Waals surface area contributed by atoms with Crippen LogP contribution in [0, 0.1) is 0 Å². The number of hydrogen-bond donors (Lipinski definition) is 1. The Kier molecular flexibility index (Phi) is 5.36. The third-order valence-corrected chi connectivity index (χ3v) is 4.22. The normalized spacial score (nSPS) is 12.0. The van der Waals surface area contributed by atoms with Crippen molar-refractivity contribution in [2.24, 2.45) is 0 Å². The summed E-state index contributed by atoms with van der Waals surface area (Å²) >= 11 is 12.1. The SMILES string of the molecule is C[C@H](NC(=O)COc1ncnc2ccccc12)c1ccc(Cl)cc1Cl. The summed E-state index contributed by atoms with van der Waals surface area (Å²) in [5.74, 6) is 0.0964. The first-order valence-corrected chi connectivity index (χ1v) is 8.37. The molecule has 7 heteroatoms. The number of hydrogen-bond acceptors (Lipinski definition) is 4. The van der Waals surface area contributed by atoms with E-state index in [1.807, 2.05) is 31.2 Å². The van der Waals surface area contributed by atoms with Gasteiger partial charge in [0.05, 0.1) is 16.9 Å². The summed E-state index contributed by atoms with van der Waals surface area (Å²) in [4.78, 5) is 20.4. The molecule has 128 valence electrons. The fraction of sp³-hybridized carbons (Fsp3) is 0.167. The third-order valence-electron chi connectivity index (χ3n) is 3.65. The van der Waals surface area contributed by atoms with Crippen LogP contribution in [0.5, 0.6) is 5.88 Å². The highest BCUT2D eigenvalue weighted by molar-refractivity contribution is 6.35. The van der Waals surface area contributed by atoms with Crippen LogP contribution < -0.4 is 10.1 Å². The van der Waals surface area contributed by atoms with Crippen molar-refractivity contribution in [3.63, 3.8) is 0 Å². The molecule has 1 aromatic heterocycles. The van der Waals surface area contributed by atoms with Crippen molar-refractivity contribution in [3.8, 4) is 5.88 Å². The lowest BCUT2D eigenvalue weighted by Crippen LogP contribution is -2.31. The summed E-state index contributed by atoms with van der Waals surface area (Å²) in [7, 11) is 0. The third kappa shape index (κ3) is 4.18. The van der Waals surface area contributed by atoms with E-state index < -0.39 is 0 Å². The molecule has 3 rings (SSSR count). The van der Waals surface area contributed by atoms with Gasteiger partial charge in [0, 0.05) is 10.0 Å². The molecule has 0 aliphatic heterocycles. The highest BCUT2D eigenvalue weighted by Gasteiger charge is 2.14. The Hall–Kier alpha value is -2.37. The van der Waals surface area contributed by atoms with E-state index >= 15 is 0 Å². The zero-order valence-electron chi connectivity index (χ0n) is 13.4. The van der Waals surface area contributed by atoms with Gasteiger partial charge in [-0.25, -0.2) is 9.97 Å². The van der Waals surface area contributed by atoms with Crippen LogP contribution in [0.1, 0.15) is 18.5 Å². The van der Waals surface area contributed by atoms with Gasteiger partial charge in [0.2, 0.25) is 5.88 Å². The maximum Gasteiger partial charge on any atom is 0.258 e. The molecule has 25 heavy (non-hydrogen) atoms. The van der Waals surface area contributed by atoms with Crippen molar-refractivity contribution in [1.82, 2.24) is 15.3 Å². The number of amides is 1. The highest BCUT2D eigenvalue weighted by atomic mass is 35.5. The molecule has 0 fully saturated rings. The minimum absolute atomic E-state index is 0.156. The predicted octanol–water partition coefficient (Wildman–Crippen LogP) is 4.19. The molecule has 0 saturated heterocycles. The van der Waals surface area contributed by atoms with Crippen LogP contribution in [0.4, 0.5) is 0 Å². The Labute approximate surface area is 155 Å². The van der Waals surface area contributed by atoms with Gasteiger partial charge >= 0.3 is 0 Å². The zero-order chi connectivity index (χ0) is 17.8. The van der Waals surface area contributed by atoms with Gasteiger partial charge in [-0.05, 0) is 36.8 Å². The first-order valence-electron chi connectivity index (χ1n) is 7.61. The van der Waals surface area contributed by atoms with E-state index in [0.717, 1.165) is 16.5 Å². The van der Waals surface area contributed by atoms with Gasteiger partial charge in [0.1, 0.15) is 6.33 Å². The number of aromatic nitrogens is 2. The van der Waals surface area contributed by atoms with Gasteiger partial charge in [-0.1, -0.05) is 41.4 Å². The molecule has 1 heterocycles. The molecule has 0 aliphatic carbocycles. The number of rotatable bonds is 5. The van der Waals surface area contributed by atoms with Crippen LogP contribution in [0.3, 0.4) is 0 Å². The summed E-state index contributed by atoms with van der Waals surface area (Å²) in [6.45, 7) is 1.68. The van der Waals surface area contributed by atoms with Crippen molar-refractivity contribution in [2.75, 3.05) is 6.61 Å². The van der Waals surface area contributed by atoms with Gasteiger partial charge < -0.3 is 10.1 Å². The van der Waals surface area contributed by atoms with Gasteiger partial charge in [-0.3, -0.25) is 4.79 Å². The van der Waals surface area contributed by atoms with Crippen LogP contribution in [0.15, 0.2) is 48.8 Å². The lowest BCUT2D eigenvalue weighted by atomic mass is 10.1. The van der Waals surface area contributed by atoms with Gasteiger partial charge in [-0.15, -0.1) is 0 Å². The number of benzene rings is 2. The molecule has 0 aliphatic rings. The smallest absolute Gasteiger partial charge is 0.258 e. The predicted molar refractivity (Wildman–Crippen MR) is 98.1 cm³/mol. The quantitative estimate of drug-likeness (QED) is 0.725. The monoisotopic (exact) mass is 375 g/mol. The molecule has 1 atom stereocenters. The van der Waals surface area contributed by atoms with Crippen molar-refractivity contribution in [3.05, 3.63) is 64.4 Å². The number of nitrogens with zero attached hydrogens (tertiary/aromatic N) is 2. The van der Waals surface area contributed by atoms with Crippen molar-refractivity contribution < 1.29 is 9.53 Å². The van der Waals surface area contributed by atoms with E-state index in [-0.39, 0.29) is 18.6 Å². The first-order chi connectivity index (χ1) is 12.0. The number of fused-ring (bicyclic) bond motifs is 1. The topological polar surface area (TPSA) is 64.1 Å². The maximum atomic E-state index is 12.2. The molecule has 0 radical (unpaired) electrons. The Bertz CT molecular complexity index is 912. The van der Waals surface area contributed by atoms with E-state index in [9.17, 15) is 4.79 Å². The fourth-order valence-corrected chi connectivity index (χ4v) is 3.01. The fourth-order valence-electron chi connectivity index (χ4n) is 2.44. The molecule has 5 nitrogen and oxygen atoms in total. The molecule has 2 aromatic carbocycles. The van der Waals surface area contributed by atoms with E-state index in [4.69, 9.17) is 27.9 Å². The minimum atomic E-state index is -0.277. The second kappa shape index (κ2) is 7.68. The number of halogens is 2. The van der Waals surface area contributed by atoms with Crippen molar-refractivity contribution in [2.45, 2.75) is 13.0 Å².